The molecular formula is C15H18BrN3O. The molecule has 0 fully saturated rings. The highest BCUT2D eigenvalue weighted by molar-refractivity contribution is 9.10. The maximum atomic E-state index is 12.6. The third-order valence-corrected chi connectivity index (χ3v) is 3.48. The Bertz CT molecular complexity index is 594. The van der Waals surface area contributed by atoms with Crippen molar-refractivity contribution in [2.24, 2.45) is 7.05 Å². The van der Waals surface area contributed by atoms with Crippen molar-refractivity contribution in [1.29, 1.82) is 0 Å². The van der Waals surface area contributed by atoms with Gasteiger partial charge in [-0.25, -0.2) is 0 Å². The molecule has 2 aromatic rings. The third kappa shape index (κ3) is 3.70. The summed E-state index contributed by atoms with van der Waals surface area (Å²) >= 11 is 3.40. The molecule has 0 spiro atoms. The maximum Gasteiger partial charge on any atom is 0.254 e. The van der Waals surface area contributed by atoms with E-state index in [2.05, 4.69) is 28.0 Å². The van der Waals surface area contributed by atoms with Gasteiger partial charge in [0, 0.05) is 41.9 Å². The first kappa shape index (κ1) is 14.8. The highest BCUT2D eigenvalue weighted by Crippen LogP contribution is 2.15. The fraction of sp³-hybridized carbons (Fsp3) is 0.333. The van der Waals surface area contributed by atoms with Gasteiger partial charge in [-0.3, -0.25) is 9.48 Å². The number of aryl methyl sites for hydroxylation is 1. The van der Waals surface area contributed by atoms with Gasteiger partial charge in [-0.15, -0.1) is 0 Å². The molecule has 0 aliphatic heterocycles. The molecule has 0 aliphatic carbocycles. The second kappa shape index (κ2) is 6.70. The fourth-order valence-corrected chi connectivity index (χ4v) is 2.50. The monoisotopic (exact) mass is 335 g/mol. The van der Waals surface area contributed by atoms with Crippen LogP contribution in [0.15, 0.2) is 41.1 Å². The molecule has 0 unspecified atom stereocenters. The molecule has 4 nitrogen and oxygen atoms in total. The molecule has 0 atom stereocenters. The van der Waals surface area contributed by atoms with Crippen molar-refractivity contribution in [3.63, 3.8) is 0 Å². The summed E-state index contributed by atoms with van der Waals surface area (Å²) < 4.78 is 2.67. The van der Waals surface area contributed by atoms with Crippen LogP contribution in [-0.2, 0) is 13.6 Å². The van der Waals surface area contributed by atoms with Crippen LogP contribution in [0, 0.1) is 0 Å². The van der Waals surface area contributed by atoms with Crippen LogP contribution in [0.25, 0.3) is 0 Å². The summed E-state index contributed by atoms with van der Waals surface area (Å²) in [6, 6.07) is 7.50. The normalized spacial score (nSPS) is 10.6. The third-order valence-electron chi connectivity index (χ3n) is 2.98. The quantitative estimate of drug-likeness (QED) is 0.841. The smallest absolute Gasteiger partial charge is 0.254 e. The minimum atomic E-state index is 0.0528. The number of carbonyl (C=O) groups is 1. The Morgan fingerprint density at radius 2 is 2.25 bits per heavy atom. The Hall–Kier alpha value is -1.62. The van der Waals surface area contributed by atoms with E-state index in [-0.39, 0.29) is 5.91 Å². The van der Waals surface area contributed by atoms with Gasteiger partial charge >= 0.3 is 0 Å². The number of carbonyl (C=O) groups excluding carboxylic acids is 1. The van der Waals surface area contributed by atoms with Gasteiger partial charge in [0.2, 0.25) is 0 Å². The number of halogens is 1. The average molecular weight is 336 g/mol. The Kier molecular flexibility index (Phi) is 4.95. The van der Waals surface area contributed by atoms with Crippen LogP contribution in [-0.4, -0.2) is 27.1 Å². The van der Waals surface area contributed by atoms with Gasteiger partial charge < -0.3 is 4.90 Å². The Morgan fingerprint density at radius 3 is 2.85 bits per heavy atom. The van der Waals surface area contributed by atoms with Crippen molar-refractivity contribution in [1.82, 2.24) is 14.7 Å². The van der Waals surface area contributed by atoms with Gasteiger partial charge in [0.05, 0.1) is 6.20 Å². The van der Waals surface area contributed by atoms with Crippen LogP contribution in [0.4, 0.5) is 0 Å². The van der Waals surface area contributed by atoms with Crippen molar-refractivity contribution in [2.75, 3.05) is 6.54 Å². The lowest BCUT2D eigenvalue weighted by atomic mass is 10.2. The molecule has 1 aromatic heterocycles. The summed E-state index contributed by atoms with van der Waals surface area (Å²) in [5, 5.41) is 4.15. The van der Waals surface area contributed by atoms with Gasteiger partial charge in [0.1, 0.15) is 0 Å². The number of aromatic nitrogens is 2. The predicted octanol–water partition coefficient (Wildman–Crippen LogP) is 3.24. The fourth-order valence-electron chi connectivity index (χ4n) is 2.10. The lowest BCUT2D eigenvalue weighted by Gasteiger charge is -2.21. The summed E-state index contributed by atoms with van der Waals surface area (Å²) in [6.07, 6.45) is 4.67. The summed E-state index contributed by atoms with van der Waals surface area (Å²) in [5.74, 6) is 0.0528. The second-order valence-corrected chi connectivity index (χ2v) is 5.67. The number of hydrogen-bond donors (Lipinski definition) is 0. The zero-order chi connectivity index (χ0) is 14.5. The molecular weight excluding hydrogens is 318 g/mol. The summed E-state index contributed by atoms with van der Waals surface area (Å²) in [7, 11) is 1.88. The minimum Gasteiger partial charge on any atom is -0.334 e. The molecule has 5 heteroatoms. The summed E-state index contributed by atoms with van der Waals surface area (Å²) in [5.41, 5.74) is 1.75. The van der Waals surface area contributed by atoms with Crippen LogP contribution >= 0.6 is 15.9 Å². The molecule has 0 radical (unpaired) electrons. The van der Waals surface area contributed by atoms with Crippen LogP contribution < -0.4 is 0 Å². The standard InChI is InChI=1S/C15H18BrN3O/c1-3-7-19(11-12-9-17-18(2)10-12)15(20)13-5-4-6-14(16)8-13/h4-6,8-10H,3,7,11H2,1-2H3. The van der Waals surface area contributed by atoms with Crippen molar-refractivity contribution in [2.45, 2.75) is 19.9 Å². The Labute approximate surface area is 127 Å². The number of hydrogen-bond acceptors (Lipinski definition) is 2. The van der Waals surface area contributed by atoms with Gasteiger partial charge in [-0.1, -0.05) is 28.9 Å². The molecule has 0 saturated carbocycles. The van der Waals surface area contributed by atoms with Crippen LogP contribution in [0.1, 0.15) is 29.3 Å². The molecule has 1 aromatic carbocycles. The first-order valence-corrected chi connectivity index (χ1v) is 7.42. The van der Waals surface area contributed by atoms with Crippen molar-refractivity contribution in [3.05, 3.63) is 52.3 Å². The second-order valence-electron chi connectivity index (χ2n) is 4.76. The summed E-state index contributed by atoms with van der Waals surface area (Å²) in [6.45, 7) is 3.40. The van der Waals surface area contributed by atoms with Crippen LogP contribution in [0.3, 0.4) is 0 Å². The van der Waals surface area contributed by atoms with Gasteiger partial charge in [0.15, 0.2) is 0 Å². The van der Waals surface area contributed by atoms with E-state index in [9.17, 15) is 4.79 Å². The van der Waals surface area contributed by atoms with E-state index in [1.807, 2.05) is 42.4 Å². The highest BCUT2D eigenvalue weighted by atomic mass is 79.9. The van der Waals surface area contributed by atoms with E-state index in [0.29, 0.717) is 12.1 Å². The largest absolute Gasteiger partial charge is 0.334 e. The number of benzene rings is 1. The van der Waals surface area contributed by atoms with E-state index in [4.69, 9.17) is 0 Å². The van der Waals surface area contributed by atoms with Gasteiger partial charge in [-0.2, -0.15) is 5.10 Å². The number of rotatable bonds is 5. The zero-order valence-electron chi connectivity index (χ0n) is 11.7. The van der Waals surface area contributed by atoms with Crippen LogP contribution in [0.2, 0.25) is 0 Å². The molecule has 1 amide bonds. The average Bonchev–Trinajstić information content (AvgIpc) is 2.83. The van der Waals surface area contributed by atoms with E-state index in [0.717, 1.165) is 23.0 Å². The van der Waals surface area contributed by atoms with Gasteiger partial charge in [-0.05, 0) is 24.6 Å². The molecule has 106 valence electrons. The molecule has 0 saturated heterocycles. The molecule has 0 aliphatic rings. The molecule has 20 heavy (non-hydrogen) atoms. The van der Waals surface area contributed by atoms with Crippen molar-refractivity contribution >= 4 is 21.8 Å². The SMILES string of the molecule is CCCN(Cc1cnn(C)c1)C(=O)c1cccc(Br)c1. The zero-order valence-corrected chi connectivity index (χ0v) is 13.3. The minimum absolute atomic E-state index is 0.0528. The lowest BCUT2D eigenvalue weighted by Crippen LogP contribution is -2.31. The maximum absolute atomic E-state index is 12.6. The van der Waals surface area contributed by atoms with Crippen LogP contribution in [0.5, 0.6) is 0 Å². The van der Waals surface area contributed by atoms with Gasteiger partial charge in [0.25, 0.3) is 5.91 Å². The molecule has 0 bridgehead atoms. The summed E-state index contributed by atoms with van der Waals surface area (Å²) in [4.78, 5) is 14.4. The Morgan fingerprint density at radius 1 is 1.45 bits per heavy atom. The van der Waals surface area contributed by atoms with E-state index < -0.39 is 0 Å². The first-order valence-electron chi connectivity index (χ1n) is 6.62. The number of nitrogens with zero attached hydrogens (tertiary/aromatic N) is 3. The Balaban J connectivity index is 2.17. The first-order chi connectivity index (χ1) is 9.60. The van der Waals surface area contributed by atoms with Crippen molar-refractivity contribution in [3.8, 4) is 0 Å². The van der Waals surface area contributed by atoms with E-state index in [1.54, 1.807) is 10.9 Å². The molecule has 2 rings (SSSR count). The lowest BCUT2D eigenvalue weighted by molar-refractivity contribution is 0.0743. The topological polar surface area (TPSA) is 38.1 Å². The van der Waals surface area contributed by atoms with E-state index >= 15 is 0 Å². The number of amides is 1. The molecule has 1 heterocycles. The van der Waals surface area contributed by atoms with E-state index in [1.165, 1.54) is 0 Å². The molecule has 0 N–H and O–H groups in total. The predicted molar refractivity (Wildman–Crippen MR) is 82.4 cm³/mol. The van der Waals surface area contributed by atoms with Crippen molar-refractivity contribution < 1.29 is 4.79 Å². The highest BCUT2D eigenvalue weighted by Gasteiger charge is 2.16.